The van der Waals surface area contributed by atoms with Crippen LogP contribution in [-0.2, 0) is 51.9 Å². The first-order valence-electron chi connectivity index (χ1n) is 22.7. The van der Waals surface area contributed by atoms with E-state index in [0.717, 1.165) is 40.8 Å². The smallest absolute Gasteiger partial charge is 0.312 e. The van der Waals surface area contributed by atoms with Crippen molar-refractivity contribution in [2.24, 2.45) is 22.5 Å². The summed E-state index contributed by atoms with van der Waals surface area (Å²) in [5.74, 6) is 2.80. The van der Waals surface area contributed by atoms with Gasteiger partial charge in [-0.15, -0.1) is 0 Å². The number of nitrogens with two attached hydrogens (primary N) is 2. The van der Waals surface area contributed by atoms with Crippen molar-refractivity contribution in [3.8, 4) is 0 Å². The zero-order chi connectivity index (χ0) is 50.1. The molecule has 0 radical (unpaired) electrons. The molecule has 1 aliphatic carbocycles. The second-order valence-corrected chi connectivity index (χ2v) is 20.4. The van der Waals surface area contributed by atoms with E-state index in [1.807, 2.05) is 71.0 Å². The molecule has 3 rings (SSSR count). The highest BCUT2D eigenvalue weighted by Gasteiger charge is 2.40. The Hall–Kier alpha value is -5.50. The summed E-state index contributed by atoms with van der Waals surface area (Å²) >= 11 is 1.17. The van der Waals surface area contributed by atoms with Crippen LogP contribution in [0, 0.1) is 10.8 Å². The average molecular weight is 951 g/mol. The Morgan fingerprint density at radius 3 is 2.12 bits per heavy atom. The molecule has 18 nitrogen and oxygen atoms in total. The number of amides is 8. The molecule has 0 saturated carbocycles. The second kappa shape index (κ2) is 25.6. The van der Waals surface area contributed by atoms with Crippen LogP contribution in [0.2, 0.25) is 0 Å². The summed E-state index contributed by atoms with van der Waals surface area (Å²) in [4.78, 5) is 98.6. The molecule has 1 aliphatic rings. The van der Waals surface area contributed by atoms with Crippen LogP contribution >= 0.6 is 11.9 Å². The van der Waals surface area contributed by atoms with Crippen LogP contribution in [0.4, 0.5) is 10.5 Å². The lowest BCUT2D eigenvalue weighted by Crippen LogP contribution is -2.60. The minimum atomic E-state index is -1.00. The summed E-state index contributed by atoms with van der Waals surface area (Å²) < 4.78 is 2.92. The molecular weight excluding hydrogens is 877 g/mol. The maximum absolute atomic E-state index is 13.9. The standard InChI is InChI=1S/C48H74N10O8S/c1-30(24-26-58(10)44(64)40(46(2,3)4)56-43(63)39(51-9)48(7,8)31-17-12-11-13-18-31)41(61)57-67-36-23-22-34(32-19-14-15-20-33(32)36)55-42(62)35(21-16-25-52-45(49)65)54-38(60)28-53-37(59)27-47(5,6)29-66-50/h11-13,17-18,22-24,35,39-40,51H,14-16,19-21,25-29,50H2,1-10H3,(H,53,59)(H,54,60)(H,55,62)(H,56,63)(H,57,61)(H3,49,52,65)/b30-24+. The van der Waals surface area contributed by atoms with Crippen molar-refractivity contribution in [3.63, 3.8) is 0 Å². The molecule has 3 unspecified atom stereocenters. The fraction of sp³-hybridized carbons (Fsp3) is 0.562. The largest absolute Gasteiger partial charge is 0.352 e. The van der Waals surface area contributed by atoms with E-state index < -0.39 is 52.2 Å². The SMILES string of the molecule is CNC(C(=O)NC(C(=O)N(C)C/C=C(\C)C(=O)NSc1ccc(NC(=O)C(CCCNC(N)=O)NC(=O)CNC(=O)CC(C)(C)CON)c2c1CCCC2)C(C)(C)C)C(C)(C)c1ccccc1. The topological polar surface area (TPSA) is 268 Å². The zero-order valence-corrected chi connectivity index (χ0v) is 41.7. The Balaban J connectivity index is 1.68. The Kier molecular flexibility index (Phi) is 21.3. The summed E-state index contributed by atoms with van der Waals surface area (Å²) in [5, 5.41) is 16.9. The number of fused-ring (bicyclic) bond motifs is 1. The first kappa shape index (κ1) is 55.8. The summed E-state index contributed by atoms with van der Waals surface area (Å²) in [6.45, 7) is 15.0. The number of hydrogen-bond acceptors (Lipinski definition) is 11. The fourth-order valence-electron chi connectivity index (χ4n) is 7.84. The molecule has 2 aromatic carbocycles. The Bertz CT molecular complexity index is 2090. The van der Waals surface area contributed by atoms with Gasteiger partial charge in [-0.05, 0) is 104 Å². The van der Waals surface area contributed by atoms with Crippen molar-refractivity contribution in [3.05, 3.63) is 70.8 Å². The van der Waals surface area contributed by atoms with Gasteiger partial charge < -0.3 is 47.4 Å². The minimum Gasteiger partial charge on any atom is -0.352 e. The van der Waals surface area contributed by atoms with Gasteiger partial charge >= 0.3 is 6.03 Å². The zero-order valence-electron chi connectivity index (χ0n) is 40.9. The highest BCUT2D eigenvalue weighted by atomic mass is 32.2. The van der Waals surface area contributed by atoms with Crippen molar-refractivity contribution in [2.75, 3.05) is 45.7 Å². The van der Waals surface area contributed by atoms with Gasteiger partial charge in [0.15, 0.2) is 0 Å². The summed E-state index contributed by atoms with van der Waals surface area (Å²) in [5.41, 5.74) is 7.31. The maximum Gasteiger partial charge on any atom is 0.312 e. The molecule has 0 aliphatic heterocycles. The first-order valence-corrected chi connectivity index (χ1v) is 23.5. The van der Waals surface area contributed by atoms with Crippen LogP contribution in [0.15, 0.2) is 59.0 Å². The number of rotatable bonds is 24. The third-order valence-electron chi connectivity index (χ3n) is 11.8. The van der Waals surface area contributed by atoms with Gasteiger partial charge in [0.05, 0.1) is 19.2 Å². The Labute approximate surface area is 400 Å². The Morgan fingerprint density at radius 1 is 0.851 bits per heavy atom. The fourth-order valence-corrected chi connectivity index (χ4v) is 8.69. The van der Waals surface area contributed by atoms with Gasteiger partial charge in [-0.25, -0.2) is 10.7 Å². The molecule has 2 aromatic rings. The number of carbonyl (C=O) groups excluding carboxylic acids is 7. The first-order chi connectivity index (χ1) is 31.4. The third-order valence-corrected chi connectivity index (χ3v) is 12.7. The second-order valence-electron chi connectivity index (χ2n) is 19.5. The van der Waals surface area contributed by atoms with Crippen LogP contribution in [0.25, 0.3) is 0 Å². The number of primary amides is 1. The van der Waals surface area contributed by atoms with Crippen molar-refractivity contribution in [1.82, 2.24) is 36.2 Å². The van der Waals surface area contributed by atoms with Crippen molar-refractivity contribution >= 4 is 59.1 Å². The predicted molar refractivity (Wildman–Crippen MR) is 261 cm³/mol. The molecular formula is C48H74N10O8S. The molecule has 3 atom stereocenters. The molecule has 0 saturated heterocycles. The van der Waals surface area contributed by atoms with Gasteiger partial charge in [0.2, 0.25) is 29.5 Å². The lowest BCUT2D eigenvalue weighted by Gasteiger charge is -2.38. The maximum atomic E-state index is 13.9. The lowest BCUT2D eigenvalue weighted by atomic mass is 9.76. The van der Waals surface area contributed by atoms with Crippen molar-refractivity contribution < 1.29 is 38.4 Å². The van der Waals surface area contributed by atoms with E-state index in [-0.39, 0.29) is 62.7 Å². The van der Waals surface area contributed by atoms with Crippen LogP contribution in [0.1, 0.15) is 104 Å². The molecule has 11 N–H and O–H groups in total. The lowest BCUT2D eigenvalue weighted by molar-refractivity contribution is -0.139. The minimum absolute atomic E-state index is 0.0637. The van der Waals surface area contributed by atoms with Gasteiger partial charge in [-0.1, -0.05) is 84.9 Å². The predicted octanol–water partition coefficient (Wildman–Crippen LogP) is 3.48. The van der Waals surface area contributed by atoms with E-state index in [9.17, 15) is 33.6 Å². The van der Waals surface area contributed by atoms with Crippen LogP contribution < -0.4 is 48.3 Å². The van der Waals surface area contributed by atoms with Gasteiger partial charge in [0.25, 0.3) is 5.91 Å². The van der Waals surface area contributed by atoms with Crippen LogP contribution in [-0.4, -0.2) is 105 Å². The highest BCUT2D eigenvalue weighted by molar-refractivity contribution is 7.98. The molecule has 0 bridgehead atoms. The molecule has 19 heteroatoms. The number of benzene rings is 2. The quantitative estimate of drug-likeness (QED) is 0.0318. The molecule has 0 fully saturated rings. The van der Waals surface area contributed by atoms with E-state index in [2.05, 4.69) is 41.5 Å². The molecule has 370 valence electrons. The molecule has 8 amide bonds. The highest BCUT2D eigenvalue weighted by Crippen LogP contribution is 2.35. The number of nitrogens with zero attached hydrogens (tertiary/aromatic N) is 1. The van der Waals surface area contributed by atoms with Crippen LogP contribution in [0.5, 0.6) is 0 Å². The number of hydrogen-bond donors (Lipinski definition) is 9. The van der Waals surface area contributed by atoms with Crippen LogP contribution in [0.3, 0.4) is 0 Å². The molecule has 0 spiro atoms. The van der Waals surface area contributed by atoms with E-state index in [1.165, 1.54) is 16.8 Å². The summed E-state index contributed by atoms with van der Waals surface area (Å²) in [6.07, 6.45) is 5.43. The van der Waals surface area contributed by atoms with E-state index >= 15 is 0 Å². The third kappa shape index (κ3) is 17.3. The van der Waals surface area contributed by atoms with Gasteiger partial charge in [0.1, 0.15) is 12.1 Å². The summed E-state index contributed by atoms with van der Waals surface area (Å²) in [6, 6.07) is 10.2. The van der Waals surface area contributed by atoms with E-state index in [1.54, 1.807) is 47.0 Å². The number of carbonyl (C=O) groups is 7. The number of anilines is 1. The van der Waals surface area contributed by atoms with Gasteiger partial charge in [-0.2, -0.15) is 0 Å². The number of nitrogens with one attached hydrogen (secondary N) is 7. The number of likely N-dealkylation sites (N-methyl/N-ethyl adjacent to an activating group) is 2. The molecule has 67 heavy (non-hydrogen) atoms. The average Bonchev–Trinajstić information content (AvgIpc) is 3.26. The van der Waals surface area contributed by atoms with Gasteiger partial charge in [0, 0.05) is 48.1 Å². The molecule has 0 aromatic heterocycles. The normalized spacial score (nSPS) is 14.3. The van der Waals surface area contributed by atoms with E-state index in [0.29, 0.717) is 24.1 Å². The van der Waals surface area contributed by atoms with Crippen molar-refractivity contribution in [1.29, 1.82) is 0 Å². The Morgan fingerprint density at radius 2 is 1.51 bits per heavy atom. The van der Waals surface area contributed by atoms with Gasteiger partial charge in [-0.3, -0.25) is 33.5 Å². The number of urea groups is 1. The van der Waals surface area contributed by atoms with Crippen molar-refractivity contribution in [2.45, 2.75) is 129 Å². The summed E-state index contributed by atoms with van der Waals surface area (Å²) in [7, 11) is 3.37. The molecule has 0 heterocycles. The van der Waals surface area contributed by atoms with E-state index in [4.69, 9.17) is 11.6 Å². The monoisotopic (exact) mass is 951 g/mol.